The lowest BCUT2D eigenvalue weighted by atomic mass is 10.0. The number of hydrogen-bond acceptors (Lipinski definition) is 2. The summed E-state index contributed by atoms with van der Waals surface area (Å²) in [5.41, 5.74) is 0. The van der Waals surface area contributed by atoms with Gasteiger partial charge < -0.3 is 4.90 Å². The maximum absolute atomic E-state index is 4.52. The Morgan fingerprint density at radius 1 is 1.19 bits per heavy atom. The molecule has 0 bridgehead atoms. The van der Waals surface area contributed by atoms with Gasteiger partial charge in [-0.1, -0.05) is 6.42 Å². The van der Waals surface area contributed by atoms with Gasteiger partial charge in [-0.2, -0.15) is 0 Å². The zero-order chi connectivity index (χ0) is 11.1. The second-order valence-electron chi connectivity index (χ2n) is 4.82. The Bertz CT molecular complexity index is 396. The number of anilines is 1. The third-order valence-electron chi connectivity index (χ3n) is 3.81. The highest BCUT2D eigenvalue weighted by Gasteiger charge is 2.36. The number of hydrogen-bond donors (Lipinski definition) is 0. The van der Waals surface area contributed by atoms with Gasteiger partial charge in [-0.25, -0.2) is 4.98 Å². The molecule has 0 amide bonds. The second kappa shape index (κ2) is 4.30. The third-order valence-corrected chi connectivity index (χ3v) is 4.83. The Morgan fingerprint density at radius 3 is 2.50 bits per heavy atom. The molecule has 1 saturated heterocycles. The molecule has 0 spiro atoms. The van der Waals surface area contributed by atoms with Crippen LogP contribution in [0.3, 0.4) is 0 Å². The van der Waals surface area contributed by atoms with Gasteiger partial charge in [-0.15, -0.1) is 0 Å². The average molecular weight is 346 g/mol. The predicted octanol–water partition coefficient (Wildman–Crippen LogP) is 3.84. The van der Waals surface area contributed by atoms with Crippen molar-refractivity contribution < 1.29 is 0 Å². The molecule has 3 rings (SSSR count). The Kier molecular flexibility index (Phi) is 2.96. The lowest BCUT2D eigenvalue weighted by Crippen LogP contribution is -2.22. The van der Waals surface area contributed by atoms with Crippen molar-refractivity contribution in [1.82, 2.24) is 4.98 Å². The summed E-state index contributed by atoms with van der Waals surface area (Å²) in [4.78, 5) is 6.95. The van der Waals surface area contributed by atoms with Gasteiger partial charge in [0.25, 0.3) is 0 Å². The number of halogens is 2. The molecule has 0 radical (unpaired) electrons. The van der Waals surface area contributed by atoms with Crippen LogP contribution < -0.4 is 4.90 Å². The zero-order valence-electron chi connectivity index (χ0n) is 9.00. The smallest absolute Gasteiger partial charge is 0.142 e. The van der Waals surface area contributed by atoms with E-state index >= 15 is 0 Å². The normalized spacial score (nSPS) is 28.5. The summed E-state index contributed by atoms with van der Waals surface area (Å²) in [5.74, 6) is 2.94. The van der Waals surface area contributed by atoms with Crippen LogP contribution in [0, 0.1) is 11.8 Å². The predicted molar refractivity (Wildman–Crippen MR) is 72.7 cm³/mol. The summed E-state index contributed by atoms with van der Waals surface area (Å²) in [6.07, 6.45) is 6.14. The van der Waals surface area contributed by atoms with E-state index < -0.39 is 0 Å². The fourth-order valence-electron chi connectivity index (χ4n) is 3.05. The van der Waals surface area contributed by atoms with Crippen LogP contribution in [0.25, 0.3) is 0 Å². The monoisotopic (exact) mass is 344 g/mol. The molecule has 2 nitrogen and oxygen atoms in total. The van der Waals surface area contributed by atoms with E-state index in [1.165, 1.54) is 32.4 Å². The maximum atomic E-state index is 4.52. The Hall–Kier alpha value is -0.0900. The van der Waals surface area contributed by atoms with Crippen LogP contribution >= 0.6 is 31.9 Å². The number of pyridine rings is 1. The van der Waals surface area contributed by atoms with Gasteiger partial charge in [0.05, 0.1) is 4.47 Å². The van der Waals surface area contributed by atoms with Crippen LogP contribution in [0.2, 0.25) is 0 Å². The molecule has 1 aromatic heterocycles. The molecule has 4 heteroatoms. The van der Waals surface area contributed by atoms with Crippen molar-refractivity contribution in [3.63, 3.8) is 0 Å². The second-order valence-corrected chi connectivity index (χ2v) is 6.59. The van der Waals surface area contributed by atoms with Crippen LogP contribution in [-0.4, -0.2) is 18.1 Å². The first kappa shape index (κ1) is 11.0. The minimum absolute atomic E-state index is 0.914. The standard InChI is InChI=1S/C12H14Br2N2/c13-10-4-11(14)12(15-5-10)16-6-8-2-1-3-9(8)7-16/h4-5,8-9H,1-3,6-7H2. The molecule has 2 aliphatic rings. The largest absolute Gasteiger partial charge is 0.355 e. The molecule has 1 aromatic rings. The molecule has 1 saturated carbocycles. The van der Waals surface area contributed by atoms with Gasteiger partial charge in [0.1, 0.15) is 5.82 Å². The Balaban J connectivity index is 1.83. The van der Waals surface area contributed by atoms with Gasteiger partial charge in [-0.3, -0.25) is 0 Å². The van der Waals surface area contributed by atoms with Crippen molar-refractivity contribution in [2.45, 2.75) is 19.3 Å². The van der Waals surface area contributed by atoms with Crippen LogP contribution in [0.5, 0.6) is 0 Å². The highest BCUT2D eigenvalue weighted by Crippen LogP contribution is 2.40. The summed E-state index contributed by atoms with van der Waals surface area (Å²) in [7, 11) is 0. The first-order valence-corrected chi connectivity index (χ1v) is 7.38. The first-order chi connectivity index (χ1) is 7.74. The summed E-state index contributed by atoms with van der Waals surface area (Å²) in [6.45, 7) is 2.38. The fourth-order valence-corrected chi connectivity index (χ4v) is 4.29. The first-order valence-electron chi connectivity index (χ1n) is 5.80. The molecule has 86 valence electrons. The third kappa shape index (κ3) is 1.90. The number of nitrogens with zero attached hydrogens (tertiary/aromatic N) is 2. The van der Waals surface area contributed by atoms with Gasteiger partial charge in [0, 0.05) is 23.8 Å². The van der Waals surface area contributed by atoms with Crippen molar-refractivity contribution in [1.29, 1.82) is 0 Å². The molecule has 1 aliphatic heterocycles. The Morgan fingerprint density at radius 2 is 1.88 bits per heavy atom. The van der Waals surface area contributed by atoms with E-state index in [9.17, 15) is 0 Å². The molecule has 2 heterocycles. The van der Waals surface area contributed by atoms with Crippen molar-refractivity contribution in [3.05, 3.63) is 21.2 Å². The molecular weight excluding hydrogens is 332 g/mol. The van der Waals surface area contributed by atoms with Crippen LogP contribution in [0.1, 0.15) is 19.3 Å². The lowest BCUT2D eigenvalue weighted by Gasteiger charge is -2.19. The maximum Gasteiger partial charge on any atom is 0.142 e. The van der Waals surface area contributed by atoms with Crippen molar-refractivity contribution in [2.24, 2.45) is 11.8 Å². The molecule has 0 N–H and O–H groups in total. The molecule has 2 atom stereocenters. The molecule has 2 unspecified atom stereocenters. The molecule has 0 aromatic carbocycles. The minimum atomic E-state index is 0.914. The number of rotatable bonds is 1. The topological polar surface area (TPSA) is 16.1 Å². The number of aromatic nitrogens is 1. The summed E-state index contributed by atoms with van der Waals surface area (Å²) >= 11 is 7.05. The fraction of sp³-hybridized carbons (Fsp3) is 0.583. The van der Waals surface area contributed by atoms with Gasteiger partial charge in [0.15, 0.2) is 0 Å². The van der Waals surface area contributed by atoms with Crippen LogP contribution in [0.4, 0.5) is 5.82 Å². The van der Waals surface area contributed by atoms with Crippen LogP contribution in [-0.2, 0) is 0 Å². The average Bonchev–Trinajstić information content (AvgIpc) is 2.76. The van der Waals surface area contributed by atoms with E-state index in [2.05, 4.69) is 47.8 Å². The number of fused-ring (bicyclic) bond motifs is 1. The molecule has 1 aliphatic carbocycles. The van der Waals surface area contributed by atoms with Gasteiger partial charge in [-0.05, 0) is 62.6 Å². The SMILES string of the molecule is Brc1cnc(N2CC3CCCC3C2)c(Br)c1. The Labute approximate surface area is 113 Å². The summed E-state index contributed by atoms with van der Waals surface area (Å²) in [6, 6.07) is 2.08. The summed E-state index contributed by atoms with van der Waals surface area (Å²) < 4.78 is 2.13. The van der Waals surface area contributed by atoms with E-state index in [0.29, 0.717) is 0 Å². The highest BCUT2D eigenvalue weighted by atomic mass is 79.9. The van der Waals surface area contributed by atoms with E-state index in [-0.39, 0.29) is 0 Å². The summed E-state index contributed by atoms with van der Waals surface area (Å²) in [5, 5.41) is 0. The zero-order valence-corrected chi connectivity index (χ0v) is 12.2. The quantitative estimate of drug-likeness (QED) is 0.768. The molecule has 16 heavy (non-hydrogen) atoms. The van der Waals surface area contributed by atoms with Gasteiger partial charge >= 0.3 is 0 Å². The van der Waals surface area contributed by atoms with E-state index in [4.69, 9.17) is 0 Å². The molecular formula is C12H14Br2N2. The van der Waals surface area contributed by atoms with Crippen LogP contribution in [0.15, 0.2) is 21.2 Å². The lowest BCUT2D eigenvalue weighted by molar-refractivity contribution is 0.494. The highest BCUT2D eigenvalue weighted by molar-refractivity contribution is 9.11. The van der Waals surface area contributed by atoms with Crippen molar-refractivity contribution in [2.75, 3.05) is 18.0 Å². The van der Waals surface area contributed by atoms with E-state index in [0.717, 1.165) is 26.6 Å². The molecule has 2 fully saturated rings. The van der Waals surface area contributed by atoms with E-state index in [1.54, 1.807) is 0 Å². The van der Waals surface area contributed by atoms with Crippen molar-refractivity contribution >= 4 is 37.7 Å². The minimum Gasteiger partial charge on any atom is -0.355 e. The van der Waals surface area contributed by atoms with Crippen molar-refractivity contribution in [3.8, 4) is 0 Å². The van der Waals surface area contributed by atoms with Gasteiger partial charge in [0.2, 0.25) is 0 Å². The van der Waals surface area contributed by atoms with E-state index in [1.807, 2.05) is 6.20 Å².